The van der Waals surface area contributed by atoms with Crippen LogP contribution in [0.4, 0.5) is 5.82 Å². The minimum atomic E-state index is 0.554. The number of rotatable bonds is 3. The van der Waals surface area contributed by atoms with Gasteiger partial charge in [0.15, 0.2) is 0 Å². The van der Waals surface area contributed by atoms with Gasteiger partial charge >= 0.3 is 0 Å². The van der Waals surface area contributed by atoms with Crippen LogP contribution in [0.3, 0.4) is 0 Å². The average molecular weight is 271 g/mol. The molecule has 0 bridgehead atoms. The van der Waals surface area contributed by atoms with E-state index in [2.05, 4.69) is 37.1 Å². The highest BCUT2D eigenvalue weighted by molar-refractivity contribution is 5.69. The van der Waals surface area contributed by atoms with Gasteiger partial charge in [-0.15, -0.1) is 0 Å². The number of ether oxygens (including phenoxy) is 1. The summed E-state index contributed by atoms with van der Waals surface area (Å²) in [5.74, 6) is 1.32. The normalized spacial score (nSPS) is 14.0. The molecular formula is C16H21N3O. The third-order valence-corrected chi connectivity index (χ3v) is 3.80. The lowest BCUT2D eigenvalue weighted by molar-refractivity contribution is 0.134. The Hall–Kier alpha value is -1.81. The van der Waals surface area contributed by atoms with Crippen LogP contribution in [0.5, 0.6) is 0 Å². The van der Waals surface area contributed by atoms with Gasteiger partial charge in [-0.2, -0.15) is 5.10 Å². The van der Waals surface area contributed by atoms with Gasteiger partial charge in [-0.05, 0) is 29.5 Å². The third kappa shape index (κ3) is 2.20. The number of anilines is 1. The summed E-state index contributed by atoms with van der Waals surface area (Å²) in [6.07, 6.45) is 0.947. The van der Waals surface area contributed by atoms with E-state index in [1.165, 1.54) is 11.1 Å². The number of aromatic nitrogens is 2. The molecule has 4 nitrogen and oxygen atoms in total. The van der Waals surface area contributed by atoms with E-state index in [0.717, 1.165) is 35.7 Å². The molecule has 0 atom stereocenters. The van der Waals surface area contributed by atoms with E-state index in [1.54, 1.807) is 4.68 Å². The first kappa shape index (κ1) is 13.2. The smallest absolute Gasteiger partial charge is 0.125 e. The predicted molar refractivity (Wildman–Crippen MR) is 80.1 cm³/mol. The van der Waals surface area contributed by atoms with Crippen LogP contribution in [0, 0.1) is 5.92 Å². The van der Waals surface area contributed by atoms with Gasteiger partial charge in [-0.25, -0.2) is 0 Å². The molecule has 3 rings (SSSR count). The van der Waals surface area contributed by atoms with Crippen LogP contribution in [-0.4, -0.2) is 9.78 Å². The number of nitrogens with zero attached hydrogens (tertiary/aromatic N) is 2. The molecule has 1 aromatic carbocycles. The first-order valence-corrected chi connectivity index (χ1v) is 7.07. The fraction of sp³-hybridized carbons (Fsp3) is 0.438. The Kier molecular flexibility index (Phi) is 3.26. The van der Waals surface area contributed by atoms with E-state index < -0.39 is 0 Å². The van der Waals surface area contributed by atoms with Gasteiger partial charge in [0, 0.05) is 18.2 Å². The summed E-state index contributed by atoms with van der Waals surface area (Å²) in [5.41, 5.74) is 12.0. The van der Waals surface area contributed by atoms with E-state index >= 15 is 0 Å². The lowest BCUT2D eigenvalue weighted by atomic mass is 9.97. The van der Waals surface area contributed by atoms with Crippen LogP contribution in [0.2, 0.25) is 0 Å². The third-order valence-electron chi connectivity index (χ3n) is 3.80. The van der Waals surface area contributed by atoms with E-state index in [-0.39, 0.29) is 0 Å². The van der Waals surface area contributed by atoms with Crippen molar-refractivity contribution in [2.24, 2.45) is 13.0 Å². The Morgan fingerprint density at radius 1 is 1.30 bits per heavy atom. The van der Waals surface area contributed by atoms with Crippen LogP contribution in [0.1, 0.15) is 30.5 Å². The average Bonchev–Trinajstić information content (AvgIpc) is 2.97. The molecule has 2 N–H and O–H groups in total. The molecule has 0 radical (unpaired) electrons. The van der Waals surface area contributed by atoms with Crippen molar-refractivity contribution in [3.05, 3.63) is 34.9 Å². The molecule has 0 aliphatic carbocycles. The molecule has 0 fully saturated rings. The topological polar surface area (TPSA) is 53.1 Å². The summed E-state index contributed by atoms with van der Waals surface area (Å²) < 4.78 is 7.25. The molecule has 4 heteroatoms. The SMILES string of the molecule is CC(C)Cc1c(-c2ccc3c(c2)COC3)nn(C)c1N. The van der Waals surface area contributed by atoms with Crippen LogP contribution in [0.25, 0.3) is 11.3 Å². The molecule has 0 unspecified atom stereocenters. The van der Waals surface area contributed by atoms with Gasteiger partial charge in [-0.1, -0.05) is 26.0 Å². The lowest BCUT2D eigenvalue weighted by Gasteiger charge is -2.07. The van der Waals surface area contributed by atoms with Crippen LogP contribution < -0.4 is 5.73 Å². The number of benzene rings is 1. The van der Waals surface area contributed by atoms with Crippen LogP contribution >= 0.6 is 0 Å². The zero-order valence-corrected chi connectivity index (χ0v) is 12.3. The molecule has 1 aliphatic rings. The molecule has 1 aromatic heterocycles. The van der Waals surface area contributed by atoms with Gasteiger partial charge in [0.05, 0.1) is 18.9 Å². The standard InChI is InChI=1S/C16H21N3O/c1-10(2)6-14-15(18-19(3)16(14)17)11-4-5-12-8-20-9-13(12)7-11/h4-5,7,10H,6,8-9,17H2,1-3H3. The van der Waals surface area contributed by atoms with Crippen molar-refractivity contribution in [2.75, 3.05) is 5.73 Å². The maximum absolute atomic E-state index is 6.18. The van der Waals surface area contributed by atoms with Crippen LogP contribution in [-0.2, 0) is 31.4 Å². The first-order chi connectivity index (χ1) is 9.56. The van der Waals surface area contributed by atoms with Crippen molar-refractivity contribution >= 4 is 5.82 Å². The van der Waals surface area contributed by atoms with Gasteiger partial charge in [0.25, 0.3) is 0 Å². The second-order valence-corrected chi connectivity index (χ2v) is 5.91. The predicted octanol–water partition coefficient (Wildman–Crippen LogP) is 2.90. The maximum Gasteiger partial charge on any atom is 0.125 e. The van der Waals surface area contributed by atoms with Crippen molar-refractivity contribution < 1.29 is 4.74 Å². The first-order valence-electron chi connectivity index (χ1n) is 7.07. The number of nitrogens with two attached hydrogens (primary N) is 1. The largest absolute Gasteiger partial charge is 0.384 e. The van der Waals surface area contributed by atoms with Crippen molar-refractivity contribution in [1.82, 2.24) is 9.78 Å². The van der Waals surface area contributed by atoms with E-state index in [4.69, 9.17) is 10.5 Å². The highest BCUT2D eigenvalue weighted by Crippen LogP contribution is 2.31. The Labute approximate surface area is 119 Å². The van der Waals surface area contributed by atoms with E-state index in [0.29, 0.717) is 12.5 Å². The maximum atomic E-state index is 6.18. The molecule has 106 valence electrons. The zero-order chi connectivity index (χ0) is 14.3. The number of fused-ring (bicyclic) bond motifs is 1. The Balaban J connectivity index is 2.07. The number of aryl methyl sites for hydroxylation is 1. The second-order valence-electron chi connectivity index (χ2n) is 5.91. The van der Waals surface area contributed by atoms with E-state index in [1.807, 2.05) is 7.05 Å². The van der Waals surface area contributed by atoms with Gasteiger partial charge < -0.3 is 10.5 Å². The molecule has 0 spiro atoms. The number of nitrogen functional groups attached to an aromatic ring is 1. The Morgan fingerprint density at radius 3 is 2.80 bits per heavy atom. The highest BCUT2D eigenvalue weighted by atomic mass is 16.5. The molecule has 1 aliphatic heterocycles. The highest BCUT2D eigenvalue weighted by Gasteiger charge is 2.19. The summed E-state index contributed by atoms with van der Waals surface area (Å²) in [7, 11) is 1.90. The minimum Gasteiger partial charge on any atom is -0.384 e. The van der Waals surface area contributed by atoms with Gasteiger partial charge in [-0.3, -0.25) is 4.68 Å². The quantitative estimate of drug-likeness (QED) is 0.934. The second kappa shape index (κ2) is 4.94. The van der Waals surface area contributed by atoms with Crippen LogP contribution in [0.15, 0.2) is 18.2 Å². The molecule has 0 saturated carbocycles. The lowest BCUT2D eigenvalue weighted by Crippen LogP contribution is -2.02. The van der Waals surface area contributed by atoms with Crippen molar-refractivity contribution in [2.45, 2.75) is 33.5 Å². The monoisotopic (exact) mass is 271 g/mol. The Bertz CT molecular complexity index is 643. The summed E-state index contributed by atoms with van der Waals surface area (Å²) in [4.78, 5) is 0. The zero-order valence-electron chi connectivity index (χ0n) is 12.3. The molecule has 2 aromatic rings. The van der Waals surface area contributed by atoms with Crippen molar-refractivity contribution in [3.8, 4) is 11.3 Å². The summed E-state index contributed by atoms with van der Waals surface area (Å²) in [6, 6.07) is 6.45. The minimum absolute atomic E-state index is 0.554. The fourth-order valence-electron chi connectivity index (χ4n) is 2.74. The molecule has 0 amide bonds. The molecular weight excluding hydrogens is 250 g/mol. The van der Waals surface area contributed by atoms with Crippen molar-refractivity contribution in [1.29, 1.82) is 0 Å². The van der Waals surface area contributed by atoms with Gasteiger partial charge in [0.2, 0.25) is 0 Å². The summed E-state index contributed by atoms with van der Waals surface area (Å²) >= 11 is 0. The van der Waals surface area contributed by atoms with Gasteiger partial charge in [0.1, 0.15) is 5.82 Å². The molecule has 0 saturated heterocycles. The van der Waals surface area contributed by atoms with Crippen molar-refractivity contribution in [3.63, 3.8) is 0 Å². The summed E-state index contributed by atoms with van der Waals surface area (Å²) in [5, 5.41) is 4.61. The number of hydrogen-bond acceptors (Lipinski definition) is 3. The summed E-state index contributed by atoms with van der Waals surface area (Å²) in [6.45, 7) is 5.82. The Morgan fingerprint density at radius 2 is 2.05 bits per heavy atom. The fourth-order valence-corrected chi connectivity index (χ4v) is 2.74. The van der Waals surface area contributed by atoms with E-state index in [9.17, 15) is 0 Å². The molecule has 20 heavy (non-hydrogen) atoms. The molecule has 2 heterocycles. The number of hydrogen-bond donors (Lipinski definition) is 1.